The van der Waals surface area contributed by atoms with E-state index in [1.54, 1.807) is 12.3 Å². The van der Waals surface area contributed by atoms with E-state index in [1.165, 1.54) is 0 Å². The maximum atomic E-state index is 9.68. The molecule has 0 saturated heterocycles. The van der Waals surface area contributed by atoms with E-state index >= 15 is 0 Å². The number of hydrogen-bond acceptors (Lipinski definition) is 1. The molecule has 0 saturated carbocycles. The SMILES string of the molecule is C/C=C(Br)\C=C/NC=O. The third kappa shape index (κ3) is 5.30. The third-order valence-electron chi connectivity index (χ3n) is 0.683. The quantitative estimate of drug-likeness (QED) is 0.530. The van der Waals surface area contributed by atoms with E-state index in [0.717, 1.165) is 4.48 Å². The average molecular weight is 190 g/mol. The molecule has 0 rings (SSSR count). The van der Waals surface area contributed by atoms with E-state index in [4.69, 9.17) is 0 Å². The van der Waals surface area contributed by atoms with Crippen molar-refractivity contribution in [3.8, 4) is 0 Å². The molecule has 1 amide bonds. The van der Waals surface area contributed by atoms with E-state index in [9.17, 15) is 4.79 Å². The van der Waals surface area contributed by atoms with Crippen LogP contribution >= 0.6 is 15.9 Å². The Kier molecular flexibility index (Phi) is 5.21. The summed E-state index contributed by atoms with van der Waals surface area (Å²) in [5.41, 5.74) is 0. The molecule has 9 heavy (non-hydrogen) atoms. The molecule has 0 aromatic carbocycles. The topological polar surface area (TPSA) is 29.1 Å². The number of carbonyl (C=O) groups is 1. The molecule has 1 N–H and O–H groups in total. The van der Waals surface area contributed by atoms with Crippen LogP contribution in [0.25, 0.3) is 0 Å². The number of amides is 1. The molecule has 0 aliphatic heterocycles. The lowest BCUT2D eigenvalue weighted by atomic mass is 10.5. The summed E-state index contributed by atoms with van der Waals surface area (Å²) in [6, 6.07) is 0. The van der Waals surface area contributed by atoms with Gasteiger partial charge in [-0.2, -0.15) is 0 Å². The molecule has 0 bridgehead atoms. The van der Waals surface area contributed by atoms with Gasteiger partial charge in [0.05, 0.1) is 0 Å². The molecule has 0 unspecified atom stereocenters. The second-order valence-corrected chi connectivity index (χ2v) is 2.21. The maximum Gasteiger partial charge on any atom is 0.211 e. The van der Waals surface area contributed by atoms with Crippen LogP contribution in [0.3, 0.4) is 0 Å². The Labute approximate surface area is 62.8 Å². The van der Waals surface area contributed by atoms with Gasteiger partial charge in [-0.05, 0) is 13.0 Å². The smallest absolute Gasteiger partial charge is 0.211 e. The largest absolute Gasteiger partial charge is 0.335 e. The van der Waals surface area contributed by atoms with Crippen molar-refractivity contribution in [3.63, 3.8) is 0 Å². The average Bonchev–Trinajstić information content (AvgIpc) is 1.89. The number of nitrogens with one attached hydrogen (secondary N) is 1. The first kappa shape index (κ1) is 8.43. The lowest BCUT2D eigenvalue weighted by molar-refractivity contribution is -0.108. The highest BCUT2D eigenvalue weighted by Crippen LogP contribution is 2.03. The summed E-state index contributed by atoms with van der Waals surface area (Å²) in [5, 5.41) is 2.38. The summed E-state index contributed by atoms with van der Waals surface area (Å²) < 4.78 is 0.942. The minimum Gasteiger partial charge on any atom is -0.335 e. The lowest BCUT2D eigenvalue weighted by Gasteiger charge is -1.84. The van der Waals surface area contributed by atoms with Gasteiger partial charge in [0, 0.05) is 10.7 Å². The van der Waals surface area contributed by atoms with Crippen LogP contribution in [0.15, 0.2) is 22.8 Å². The van der Waals surface area contributed by atoms with E-state index in [2.05, 4.69) is 21.2 Å². The van der Waals surface area contributed by atoms with E-state index in [1.807, 2.05) is 13.0 Å². The molecule has 50 valence electrons. The van der Waals surface area contributed by atoms with Crippen LogP contribution in [0.4, 0.5) is 0 Å². The summed E-state index contributed by atoms with van der Waals surface area (Å²) in [7, 11) is 0. The van der Waals surface area contributed by atoms with Crippen molar-refractivity contribution in [1.82, 2.24) is 5.32 Å². The number of carbonyl (C=O) groups excluding carboxylic acids is 1. The van der Waals surface area contributed by atoms with Gasteiger partial charge >= 0.3 is 0 Å². The van der Waals surface area contributed by atoms with Crippen molar-refractivity contribution in [3.05, 3.63) is 22.8 Å². The summed E-state index contributed by atoms with van der Waals surface area (Å²) in [6.07, 6.45) is 5.79. The molecular formula is C6H8BrNO. The van der Waals surface area contributed by atoms with Crippen LogP contribution in [0.2, 0.25) is 0 Å². The first-order valence-corrected chi connectivity index (χ1v) is 3.28. The highest BCUT2D eigenvalue weighted by Gasteiger charge is 1.75. The molecule has 2 nitrogen and oxygen atoms in total. The van der Waals surface area contributed by atoms with E-state index < -0.39 is 0 Å². The van der Waals surface area contributed by atoms with Crippen LogP contribution in [0, 0.1) is 0 Å². The highest BCUT2D eigenvalue weighted by atomic mass is 79.9. The Hall–Kier alpha value is -0.570. The monoisotopic (exact) mass is 189 g/mol. The molecule has 0 heterocycles. The standard InChI is InChI=1S/C6H8BrNO/c1-2-6(7)3-4-8-5-9/h2-5H,1H3,(H,8,9)/b4-3-,6-2+. The minimum atomic E-state index is 0.617. The zero-order valence-corrected chi connectivity index (χ0v) is 6.68. The van der Waals surface area contributed by atoms with Gasteiger partial charge in [0.1, 0.15) is 0 Å². The fourth-order valence-corrected chi connectivity index (χ4v) is 0.395. The number of rotatable bonds is 3. The van der Waals surface area contributed by atoms with E-state index in [0.29, 0.717) is 6.41 Å². The van der Waals surface area contributed by atoms with Gasteiger partial charge in [0.25, 0.3) is 0 Å². The van der Waals surface area contributed by atoms with Gasteiger partial charge in [0.2, 0.25) is 6.41 Å². The van der Waals surface area contributed by atoms with Gasteiger partial charge in [0.15, 0.2) is 0 Å². The molecule has 3 heteroatoms. The highest BCUT2D eigenvalue weighted by molar-refractivity contribution is 9.11. The van der Waals surface area contributed by atoms with Gasteiger partial charge in [-0.25, -0.2) is 0 Å². The number of halogens is 1. The predicted molar refractivity (Wildman–Crippen MR) is 41.0 cm³/mol. The Bertz CT molecular complexity index is 140. The van der Waals surface area contributed by atoms with Crippen molar-refractivity contribution in [2.24, 2.45) is 0 Å². The van der Waals surface area contributed by atoms with Crippen LogP contribution in [-0.2, 0) is 4.79 Å². The number of allylic oxidation sites excluding steroid dienone is 3. The lowest BCUT2D eigenvalue weighted by Crippen LogP contribution is -1.97. The first-order chi connectivity index (χ1) is 4.31. The molecule has 0 atom stereocenters. The summed E-state index contributed by atoms with van der Waals surface area (Å²) >= 11 is 3.23. The summed E-state index contributed by atoms with van der Waals surface area (Å²) in [6.45, 7) is 1.90. The zero-order chi connectivity index (χ0) is 7.11. The van der Waals surface area contributed by atoms with Gasteiger partial charge < -0.3 is 5.32 Å². The first-order valence-electron chi connectivity index (χ1n) is 2.49. The van der Waals surface area contributed by atoms with Crippen molar-refractivity contribution >= 4 is 22.3 Å². The molecule has 0 aliphatic carbocycles. The molecular weight excluding hydrogens is 182 g/mol. The van der Waals surface area contributed by atoms with Crippen LogP contribution in [0.5, 0.6) is 0 Å². The molecule has 0 aromatic heterocycles. The Balaban J connectivity index is 3.56. The fraction of sp³-hybridized carbons (Fsp3) is 0.167. The zero-order valence-electron chi connectivity index (χ0n) is 5.10. The van der Waals surface area contributed by atoms with Gasteiger partial charge in [-0.1, -0.05) is 22.0 Å². The second-order valence-electron chi connectivity index (χ2n) is 1.29. The van der Waals surface area contributed by atoms with Crippen molar-refractivity contribution in [2.45, 2.75) is 6.92 Å². The summed E-state index contributed by atoms with van der Waals surface area (Å²) in [4.78, 5) is 9.68. The molecule has 0 radical (unpaired) electrons. The van der Waals surface area contributed by atoms with Crippen molar-refractivity contribution < 1.29 is 4.79 Å². The van der Waals surface area contributed by atoms with Gasteiger partial charge in [-0.3, -0.25) is 4.79 Å². The third-order valence-corrected chi connectivity index (χ3v) is 1.40. The number of hydrogen-bond donors (Lipinski definition) is 1. The molecule has 0 aliphatic rings. The molecule has 0 aromatic rings. The molecule has 0 spiro atoms. The summed E-state index contributed by atoms with van der Waals surface area (Å²) in [5.74, 6) is 0. The predicted octanol–water partition coefficient (Wildman–Crippen LogP) is 1.54. The molecule has 0 fully saturated rings. The van der Waals surface area contributed by atoms with Crippen LogP contribution in [-0.4, -0.2) is 6.41 Å². The van der Waals surface area contributed by atoms with Crippen molar-refractivity contribution in [1.29, 1.82) is 0 Å². The van der Waals surface area contributed by atoms with Crippen LogP contribution in [0.1, 0.15) is 6.92 Å². The Morgan fingerprint density at radius 1 is 1.67 bits per heavy atom. The van der Waals surface area contributed by atoms with Gasteiger partial charge in [-0.15, -0.1) is 0 Å². The maximum absolute atomic E-state index is 9.68. The van der Waals surface area contributed by atoms with E-state index in [-0.39, 0.29) is 0 Å². The second kappa shape index (κ2) is 5.56. The normalized spacial score (nSPS) is 12.0. The van der Waals surface area contributed by atoms with Crippen molar-refractivity contribution in [2.75, 3.05) is 0 Å². The minimum absolute atomic E-state index is 0.617. The Morgan fingerprint density at radius 3 is 2.78 bits per heavy atom. The Morgan fingerprint density at radius 2 is 2.33 bits per heavy atom. The fourth-order valence-electron chi connectivity index (χ4n) is 0.263. The van der Waals surface area contributed by atoms with Crippen LogP contribution < -0.4 is 5.32 Å².